The molecule has 0 N–H and O–H groups in total. The fraction of sp³-hybridized carbons (Fsp3) is 0.476. The van der Waals surface area contributed by atoms with Gasteiger partial charge in [-0.3, -0.25) is 9.69 Å². The highest BCUT2D eigenvalue weighted by Gasteiger charge is 2.20. The third kappa shape index (κ3) is 4.56. The minimum Gasteiger partial charge on any atom is -0.353 e. The molecule has 9 nitrogen and oxygen atoms in total. The summed E-state index contributed by atoms with van der Waals surface area (Å²) in [5, 5.41) is 17.4. The Hall–Kier alpha value is -3.07. The van der Waals surface area contributed by atoms with Crippen LogP contribution >= 0.6 is 0 Å². The second-order valence-corrected chi connectivity index (χ2v) is 8.56. The molecule has 1 fully saturated rings. The number of aromatic nitrogens is 6. The molecule has 4 heterocycles. The molecule has 0 spiro atoms. The number of anilines is 1. The van der Waals surface area contributed by atoms with Gasteiger partial charge in [-0.15, -0.1) is 10.2 Å². The molecular weight excluding hydrogens is 380 g/mol. The second kappa shape index (κ2) is 8.35. The standard InChI is InChI=1S/C21H28N8O/c1-21(2,3)17-5-6-18(24-23-17)27-14-11-26(12-15-27)13-16-29-20(30)8-7-19(25-29)28-10-4-9-22-28/h4-10H,11-16H2,1-3H3. The van der Waals surface area contributed by atoms with Crippen molar-refractivity contribution in [3.8, 4) is 5.82 Å². The predicted octanol–water partition coefficient (Wildman–Crippen LogP) is 1.34. The van der Waals surface area contributed by atoms with Crippen LogP contribution in [0, 0.1) is 0 Å². The van der Waals surface area contributed by atoms with Crippen LogP contribution in [0.2, 0.25) is 0 Å². The van der Waals surface area contributed by atoms with E-state index in [0.29, 0.717) is 12.4 Å². The fourth-order valence-electron chi connectivity index (χ4n) is 3.46. The van der Waals surface area contributed by atoms with E-state index in [1.807, 2.05) is 12.3 Å². The van der Waals surface area contributed by atoms with Crippen molar-refractivity contribution in [2.75, 3.05) is 37.6 Å². The van der Waals surface area contributed by atoms with Gasteiger partial charge in [0.05, 0.1) is 12.2 Å². The molecule has 0 saturated carbocycles. The van der Waals surface area contributed by atoms with Gasteiger partial charge in [-0.05, 0) is 24.3 Å². The summed E-state index contributed by atoms with van der Waals surface area (Å²) in [6.45, 7) is 11.3. The van der Waals surface area contributed by atoms with Crippen molar-refractivity contribution in [2.45, 2.75) is 32.7 Å². The van der Waals surface area contributed by atoms with Crippen molar-refractivity contribution < 1.29 is 0 Å². The van der Waals surface area contributed by atoms with E-state index in [1.165, 1.54) is 4.68 Å². The van der Waals surface area contributed by atoms with E-state index >= 15 is 0 Å². The first-order valence-corrected chi connectivity index (χ1v) is 10.3. The highest BCUT2D eigenvalue weighted by molar-refractivity contribution is 5.38. The van der Waals surface area contributed by atoms with Gasteiger partial charge < -0.3 is 4.90 Å². The number of rotatable bonds is 5. The van der Waals surface area contributed by atoms with Crippen LogP contribution in [0.3, 0.4) is 0 Å². The van der Waals surface area contributed by atoms with E-state index in [1.54, 1.807) is 23.0 Å². The first-order valence-electron chi connectivity index (χ1n) is 10.3. The van der Waals surface area contributed by atoms with E-state index in [2.05, 4.69) is 63.1 Å². The Balaban J connectivity index is 1.32. The zero-order chi connectivity index (χ0) is 21.1. The Morgan fingerprint density at radius 2 is 1.70 bits per heavy atom. The molecule has 0 unspecified atom stereocenters. The van der Waals surface area contributed by atoms with Crippen LogP contribution in [0.15, 0.2) is 47.5 Å². The van der Waals surface area contributed by atoms with Gasteiger partial charge in [-0.2, -0.15) is 10.2 Å². The van der Waals surface area contributed by atoms with Crippen molar-refractivity contribution >= 4 is 5.82 Å². The topological polar surface area (TPSA) is 85.0 Å². The average Bonchev–Trinajstić information content (AvgIpc) is 3.28. The average molecular weight is 409 g/mol. The van der Waals surface area contributed by atoms with Crippen LogP contribution in [0.25, 0.3) is 5.82 Å². The van der Waals surface area contributed by atoms with Crippen LogP contribution < -0.4 is 10.5 Å². The first-order chi connectivity index (χ1) is 14.4. The molecule has 1 saturated heterocycles. The Labute approximate surface area is 176 Å². The lowest BCUT2D eigenvalue weighted by molar-refractivity contribution is 0.242. The van der Waals surface area contributed by atoms with E-state index in [0.717, 1.165) is 44.2 Å². The molecule has 0 amide bonds. The Morgan fingerprint density at radius 3 is 2.33 bits per heavy atom. The minimum atomic E-state index is -0.0984. The first kappa shape index (κ1) is 20.2. The SMILES string of the molecule is CC(C)(C)c1ccc(N2CCN(CCn3nc(-n4cccn4)ccc3=O)CC2)nn1. The fourth-order valence-corrected chi connectivity index (χ4v) is 3.46. The van der Waals surface area contributed by atoms with Crippen molar-refractivity contribution in [1.82, 2.24) is 34.7 Å². The number of piperazine rings is 1. The molecule has 0 bridgehead atoms. The molecule has 0 radical (unpaired) electrons. The van der Waals surface area contributed by atoms with Gasteiger partial charge in [0.25, 0.3) is 5.56 Å². The minimum absolute atomic E-state index is 0.00502. The third-order valence-corrected chi connectivity index (χ3v) is 5.33. The summed E-state index contributed by atoms with van der Waals surface area (Å²) in [5.41, 5.74) is 0.907. The summed E-state index contributed by atoms with van der Waals surface area (Å²) in [7, 11) is 0. The van der Waals surface area contributed by atoms with Crippen molar-refractivity contribution in [3.63, 3.8) is 0 Å². The van der Waals surface area contributed by atoms with Gasteiger partial charge >= 0.3 is 0 Å². The summed E-state index contributed by atoms with van der Waals surface area (Å²) in [5.74, 6) is 1.56. The van der Waals surface area contributed by atoms with Crippen LogP contribution in [0.4, 0.5) is 5.82 Å². The maximum absolute atomic E-state index is 12.2. The van der Waals surface area contributed by atoms with Gasteiger partial charge in [0, 0.05) is 56.6 Å². The molecule has 4 rings (SSSR count). The predicted molar refractivity (Wildman–Crippen MR) is 115 cm³/mol. The maximum atomic E-state index is 12.2. The molecule has 158 valence electrons. The molecule has 0 aliphatic carbocycles. The summed E-state index contributed by atoms with van der Waals surface area (Å²) < 4.78 is 3.17. The monoisotopic (exact) mass is 408 g/mol. The normalized spacial score (nSPS) is 15.5. The van der Waals surface area contributed by atoms with Crippen LogP contribution in [0.5, 0.6) is 0 Å². The third-order valence-electron chi connectivity index (χ3n) is 5.33. The van der Waals surface area contributed by atoms with Gasteiger partial charge in [0.2, 0.25) is 0 Å². The molecular formula is C21H28N8O. The molecule has 1 aliphatic rings. The zero-order valence-electron chi connectivity index (χ0n) is 17.8. The molecule has 30 heavy (non-hydrogen) atoms. The molecule has 0 aromatic carbocycles. The van der Waals surface area contributed by atoms with Crippen molar-refractivity contribution in [2.24, 2.45) is 0 Å². The van der Waals surface area contributed by atoms with E-state index in [-0.39, 0.29) is 11.0 Å². The summed E-state index contributed by atoms with van der Waals surface area (Å²) in [6.07, 6.45) is 3.50. The Morgan fingerprint density at radius 1 is 0.933 bits per heavy atom. The van der Waals surface area contributed by atoms with Gasteiger partial charge in [-0.1, -0.05) is 20.8 Å². The van der Waals surface area contributed by atoms with Crippen LogP contribution in [-0.2, 0) is 12.0 Å². The van der Waals surface area contributed by atoms with Crippen LogP contribution in [0.1, 0.15) is 26.5 Å². The summed E-state index contributed by atoms with van der Waals surface area (Å²) in [6, 6.07) is 9.20. The Bertz CT molecular complexity index is 1010. The quantitative estimate of drug-likeness (QED) is 0.630. The molecule has 0 atom stereocenters. The molecule has 9 heteroatoms. The lowest BCUT2D eigenvalue weighted by Crippen LogP contribution is -2.48. The van der Waals surface area contributed by atoms with Gasteiger partial charge in [-0.25, -0.2) is 9.36 Å². The smallest absolute Gasteiger partial charge is 0.266 e. The highest BCUT2D eigenvalue weighted by atomic mass is 16.1. The van der Waals surface area contributed by atoms with E-state index in [4.69, 9.17) is 0 Å². The Kier molecular flexibility index (Phi) is 5.63. The number of hydrogen-bond acceptors (Lipinski definition) is 7. The molecule has 3 aromatic rings. The van der Waals surface area contributed by atoms with Crippen molar-refractivity contribution in [1.29, 1.82) is 0 Å². The summed E-state index contributed by atoms with van der Waals surface area (Å²) in [4.78, 5) is 16.8. The van der Waals surface area contributed by atoms with Gasteiger partial charge in [0.1, 0.15) is 0 Å². The second-order valence-electron chi connectivity index (χ2n) is 8.56. The molecule has 3 aromatic heterocycles. The lowest BCUT2D eigenvalue weighted by atomic mass is 9.92. The highest BCUT2D eigenvalue weighted by Crippen LogP contribution is 2.21. The number of hydrogen-bond donors (Lipinski definition) is 0. The van der Waals surface area contributed by atoms with Gasteiger partial charge in [0.15, 0.2) is 11.6 Å². The van der Waals surface area contributed by atoms with E-state index in [9.17, 15) is 4.79 Å². The van der Waals surface area contributed by atoms with Crippen molar-refractivity contribution in [3.05, 3.63) is 58.8 Å². The summed E-state index contributed by atoms with van der Waals surface area (Å²) >= 11 is 0. The lowest BCUT2D eigenvalue weighted by Gasteiger charge is -2.35. The zero-order valence-corrected chi connectivity index (χ0v) is 17.8. The van der Waals surface area contributed by atoms with Crippen LogP contribution in [-0.4, -0.2) is 67.4 Å². The molecule has 1 aliphatic heterocycles. The largest absolute Gasteiger partial charge is 0.353 e. The van der Waals surface area contributed by atoms with E-state index < -0.39 is 0 Å². The maximum Gasteiger partial charge on any atom is 0.266 e. The number of nitrogens with zero attached hydrogens (tertiary/aromatic N) is 8.